The van der Waals surface area contributed by atoms with Gasteiger partial charge in [0.15, 0.2) is 5.69 Å². The summed E-state index contributed by atoms with van der Waals surface area (Å²) < 4.78 is 14.7. The summed E-state index contributed by atoms with van der Waals surface area (Å²) in [7, 11) is 0. The molecule has 3 aromatic rings. The lowest BCUT2D eigenvalue weighted by molar-refractivity contribution is 0.0691. The van der Waals surface area contributed by atoms with E-state index in [2.05, 4.69) is 15.3 Å². The SMILES string of the molecule is O=C(O)c1nnn(-c2nccs2)c1-c1cccc(F)c1. The lowest BCUT2D eigenvalue weighted by Gasteiger charge is -2.04. The van der Waals surface area contributed by atoms with Gasteiger partial charge in [-0.15, -0.1) is 16.4 Å². The summed E-state index contributed by atoms with van der Waals surface area (Å²) in [5, 5.41) is 18.8. The number of carbonyl (C=O) groups is 1. The van der Waals surface area contributed by atoms with Crippen LogP contribution in [-0.2, 0) is 0 Å². The summed E-state index contributed by atoms with van der Waals surface area (Å²) in [6.07, 6.45) is 1.57. The van der Waals surface area contributed by atoms with E-state index in [-0.39, 0.29) is 11.4 Å². The molecular formula is C12H7FN4O2S. The zero-order valence-corrected chi connectivity index (χ0v) is 10.7. The molecule has 3 rings (SSSR count). The molecule has 0 amide bonds. The van der Waals surface area contributed by atoms with Gasteiger partial charge in [-0.05, 0) is 12.1 Å². The van der Waals surface area contributed by atoms with Gasteiger partial charge in [-0.25, -0.2) is 14.2 Å². The minimum Gasteiger partial charge on any atom is -0.476 e. The number of thiazole rings is 1. The number of rotatable bonds is 3. The fourth-order valence-electron chi connectivity index (χ4n) is 1.78. The van der Waals surface area contributed by atoms with Crippen molar-refractivity contribution in [2.24, 2.45) is 0 Å². The molecule has 1 aromatic carbocycles. The molecule has 0 saturated heterocycles. The van der Waals surface area contributed by atoms with E-state index >= 15 is 0 Å². The maximum Gasteiger partial charge on any atom is 0.358 e. The van der Waals surface area contributed by atoms with Gasteiger partial charge in [-0.3, -0.25) is 0 Å². The summed E-state index contributed by atoms with van der Waals surface area (Å²) in [4.78, 5) is 15.3. The first kappa shape index (κ1) is 12.4. The number of aromatic carboxylic acids is 1. The summed E-state index contributed by atoms with van der Waals surface area (Å²) in [5.41, 5.74) is 0.334. The van der Waals surface area contributed by atoms with Gasteiger partial charge in [-0.1, -0.05) is 17.3 Å². The molecule has 0 unspecified atom stereocenters. The molecule has 0 radical (unpaired) electrons. The van der Waals surface area contributed by atoms with Crippen molar-refractivity contribution in [2.75, 3.05) is 0 Å². The van der Waals surface area contributed by atoms with Gasteiger partial charge in [0.1, 0.15) is 11.5 Å². The van der Waals surface area contributed by atoms with Crippen LogP contribution in [0.2, 0.25) is 0 Å². The summed E-state index contributed by atoms with van der Waals surface area (Å²) >= 11 is 1.28. The van der Waals surface area contributed by atoms with E-state index in [0.29, 0.717) is 10.7 Å². The van der Waals surface area contributed by atoms with E-state index in [1.807, 2.05) is 0 Å². The molecule has 0 aliphatic rings. The van der Waals surface area contributed by atoms with Gasteiger partial charge in [-0.2, -0.15) is 4.68 Å². The predicted molar refractivity (Wildman–Crippen MR) is 69.4 cm³/mol. The van der Waals surface area contributed by atoms with Crippen LogP contribution in [0.4, 0.5) is 4.39 Å². The molecule has 0 atom stereocenters. The second-order valence-electron chi connectivity index (χ2n) is 3.83. The van der Waals surface area contributed by atoms with Gasteiger partial charge in [0.2, 0.25) is 5.13 Å². The number of carboxylic acid groups (broad SMARTS) is 1. The Bertz CT molecular complexity index is 770. The molecule has 2 heterocycles. The Morgan fingerprint density at radius 3 is 2.90 bits per heavy atom. The molecule has 2 aromatic heterocycles. The monoisotopic (exact) mass is 290 g/mol. The first-order chi connectivity index (χ1) is 9.66. The summed E-state index contributed by atoms with van der Waals surface area (Å²) in [5.74, 6) is -1.70. The third kappa shape index (κ3) is 2.05. The van der Waals surface area contributed by atoms with Crippen molar-refractivity contribution >= 4 is 17.3 Å². The summed E-state index contributed by atoms with van der Waals surface area (Å²) in [6.45, 7) is 0. The van der Waals surface area contributed by atoms with Crippen LogP contribution in [0.1, 0.15) is 10.5 Å². The fourth-order valence-corrected chi connectivity index (χ4v) is 2.37. The highest BCUT2D eigenvalue weighted by atomic mass is 32.1. The van der Waals surface area contributed by atoms with Gasteiger partial charge >= 0.3 is 5.97 Å². The van der Waals surface area contributed by atoms with Crippen molar-refractivity contribution in [1.82, 2.24) is 20.0 Å². The Morgan fingerprint density at radius 1 is 1.40 bits per heavy atom. The van der Waals surface area contributed by atoms with Gasteiger partial charge in [0, 0.05) is 17.1 Å². The van der Waals surface area contributed by atoms with Crippen molar-refractivity contribution in [2.45, 2.75) is 0 Å². The van der Waals surface area contributed by atoms with E-state index in [1.54, 1.807) is 17.6 Å². The minimum atomic E-state index is -1.23. The topological polar surface area (TPSA) is 80.9 Å². The van der Waals surface area contributed by atoms with Crippen LogP contribution in [0.25, 0.3) is 16.4 Å². The van der Waals surface area contributed by atoms with E-state index in [0.717, 1.165) is 0 Å². The van der Waals surface area contributed by atoms with E-state index < -0.39 is 11.8 Å². The Kier molecular flexibility index (Phi) is 2.99. The van der Waals surface area contributed by atoms with Crippen LogP contribution in [-0.4, -0.2) is 31.1 Å². The Labute approximate surface area is 116 Å². The van der Waals surface area contributed by atoms with Crippen LogP contribution in [0, 0.1) is 5.82 Å². The number of hydrogen-bond donors (Lipinski definition) is 1. The minimum absolute atomic E-state index is 0.201. The van der Waals surface area contributed by atoms with Crippen molar-refractivity contribution in [3.63, 3.8) is 0 Å². The molecule has 100 valence electrons. The normalized spacial score (nSPS) is 10.7. The highest BCUT2D eigenvalue weighted by Gasteiger charge is 2.22. The molecule has 6 nitrogen and oxygen atoms in total. The predicted octanol–water partition coefficient (Wildman–Crippen LogP) is 2.23. The molecule has 0 saturated carbocycles. The van der Waals surface area contributed by atoms with Crippen LogP contribution in [0.15, 0.2) is 35.8 Å². The molecule has 0 aliphatic carbocycles. The van der Waals surface area contributed by atoms with Crippen LogP contribution in [0.3, 0.4) is 0 Å². The highest BCUT2D eigenvalue weighted by Crippen LogP contribution is 2.26. The number of aromatic nitrogens is 4. The Balaban J connectivity index is 2.26. The fraction of sp³-hybridized carbons (Fsp3) is 0. The van der Waals surface area contributed by atoms with Gasteiger partial charge in [0.05, 0.1) is 0 Å². The van der Waals surface area contributed by atoms with E-state index in [4.69, 9.17) is 0 Å². The lowest BCUT2D eigenvalue weighted by Crippen LogP contribution is -2.03. The molecular weight excluding hydrogens is 283 g/mol. The number of benzene rings is 1. The summed E-state index contributed by atoms with van der Waals surface area (Å²) in [6, 6.07) is 5.60. The van der Waals surface area contributed by atoms with Crippen LogP contribution < -0.4 is 0 Å². The van der Waals surface area contributed by atoms with Crippen LogP contribution in [0.5, 0.6) is 0 Å². The van der Waals surface area contributed by atoms with Gasteiger partial charge in [0.25, 0.3) is 0 Å². The lowest BCUT2D eigenvalue weighted by atomic mass is 10.1. The Morgan fingerprint density at radius 2 is 2.25 bits per heavy atom. The third-order valence-electron chi connectivity index (χ3n) is 2.57. The molecule has 0 spiro atoms. The number of halogens is 1. The second kappa shape index (κ2) is 4.82. The van der Waals surface area contributed by atoms with Crippen molar-refractivity contribution in [3.8, 4) is 16.4 Å². The zero-order chi connectivity index (χ0) is 14.1. The smallest absolute Gasteiger partial charge is 0.358 e. The maximum atomic E-state index is 13.4. The molecule has 8 heteroatoms. The van der Waals surface area contributed by atoms with Crippen molar-refractivity contribution in [3.05, 3.63) is 47.4 Å². The van der Waals surface area contributed by atoms with Crippen LogP contribution >= 0.6 is 11.3 Å². The van der Waals surface area contributed by atoms with Gasteiger partial charge < -0.3 is 5.11 Å². The Hall–Kier alpha value is -2.61. The van der Waals surface area contributed by atoms with Crippen molar-refractivity contribution < 1.29 is 14.3 Å². The molecule has 0 fully saturated rings. The second-order valence-corrected chi connectivity index (χ2v) is 4.70. The van der Waals surface area contributed by atoms with E-state index in [9.17, 15) is 14.3 Å². The highest BCUT2D eigenvalue weighted by molar-refractivity contribution is 7.12. The molecule has 0 aliphatic heterocycles. The zero-order valence-electron chi connectivity index (χ0n) is 9.89. The molecule has 20 heavy (non-hydrogen) atoms. The number of nitrogens with zero attached hydrogens (tertiary/aromatic N) is 4. The average molecular weight is 290 g/mol. The number of carboxylic acids is 1. The number of hydrogen-bond acceptors (Lipinski definition) is 5. The molecule has 0 bridgehead atoms. The average Bonchev–Trinajstić information content (AvgIpc) is 3.07. The standard InChI is InChI=1S/C12H7FN4O2S/c13-8-3-1-2-7(6-8)10-9(11(18)19)15-16-17(10)12-14-4-5-20-12/h1-6H,(H,18,19). The first-order valence-electron chi connectivity index (χ1n) is 5.51. The maximum absolute atomic E-state index is 13.4. The van der Waals surface area contributed by atoms with Crippen molar-refractivity contribution in [1.29, 1.82) is 0 Å². The van der Waals surface area contributed by atoms with E-state index in [1.165, 1.54) is 34.2 Å². The first-order valence-corrected chi connectivity index (χ1v) is 6.39. The largest absolute Gasteiger partial charge is 0.476 e. The quantitative estimate of drug-likeness (QED) is 0.800. The molecule has 1 N–H and O–H groups in total. The third-order valence-corrected chi connectivity index (χ3v) is 3.32.